The van der Waals surface area contributed by atoms with Crippen molar-refractivity contribution in [3.8, 4) is 17.2 Å². The van der Waals surface area contributed by atoms with Crippen molar-refractivity contribution < 1.29 is 19.4 Å². The van der Waals surface area contributed by atoms with Crippen molar-refractivity contribution in [2.45, 2.75) is 6.92 Å². The lowest BCUT2D eigenvalue weighted by Gasteiger charge is -2.09. The van der Waals surface area contributed by atoms with Crippen molar-refractivity contribution in [1.82, 2.24) is 9.97 Å². The minimum Gasteiger partial charge on any atom is -0.482 e. The van der Waals surface area contributed by atoms with Crippen LogP contribution in [0.1, 0.15) is 5.69 Å². The molecule has 0 aliphatic carbocycles. The minimum atomic E-state index is -1.03. The molecule has 0 bridgehead atoms. The molecule has 0 saturated carbocycles. The Morgan fingerprint density at radius 3 is 2.73 bits per heavy atom. The molecule has 2 heterocycles. The maximum absolute atomic E-state index is 10.6. The molecule has 0 atom stereocenters. The number of aromatic nitrogens is 2. The summed E-state index contributed by atoms with van der Waals surface area (Å²) in [7, 11) is 0. The second-order valence-corrected chi connectivity index (χ2v) is 5.91. The average molecular weight is 394 g/mol. The fourth-order valence-corrected chi connectivity index (χ4v) is 2.67. The summed E-state index contributed by atoms with van der Waals surface area (Å²) in [5.41, 5.74) is 0.943. The third kappa shape index (κ3) is 5.61. The first-order chi connectivity index (χ1) is 12.1. The molecule has 2 N–H and O–H groups in total. The van der Waals surface area contributed by atoms with Crippen LogP contribution < -0.4 is 14.8 Å². The summed E-state index contributed by atoms with van der Waals surface area (Å²) in [6, 6.07) is 10.3. The largest absolute Gasteiger partial charge is 0.482 e. The first-order valence-electron chi connectivity index (χ1n) is 7.36. The Balaban J connectivity index is 0.00000243. The lowest BCUT2D eigenvalue weighted by molar-refractivity contribution is -0.139. The Bertz CT molecular complexity index is 888. The van der Waals surface area contributed by atoms with Gasteiger partial charge in [0.05, 0.1) is 5.69 Å². The molecule has 0 unspecified atom stereocenters. The van der Waals surface area contributed by atoms with Gasteiger partial charge < -0.3 is 19.9 Å². The Kier molecular flexibility index (Phi) is 6.76. The van der Waals surface area contributed by atoms with Gasteiger partial charge in [0.15, 0.2) is 11.7 Å². The zero-order valence-electron chi connectivity index (χ0n) is 13.7. The Morgan fingerprint density at radius 2 is 2.00 bits per heavy atom. The van der Waals surface area contributed by atoms with E-state index in [1.54, 1.807) is 42.6 Å². The van der Waals surface area contributed by atoms with Crippen molar-refractivity contribution in [3.05, 3.63) is 53.7 Å². The predicted molar refractivity (Wildman–Crippen MR) is 101 cm³/mol. The fourth-order valence-electron chi connectivity index (χ4n) is 1.97. The molecule has 0 aliphatic rings. The van der Waals surface area contributed by atoms with E-state index in [1.807, 2.05) is 12.3 Å². The number of carbonyl (C=O) groups is 1. The molecule has 0 saturated heterocycles. The van der Waals surface area contributed by atoms with E-state index in [4.69, 9.17) is 14.6 Å². The smallest absolute Gasteiger partial charge is 0.341 e. The first-order valence-corrected chi connectivity index (χ1v) is 8.24. The average Bonchev–Trinajstić information content (AvgIpc) is 2.98. The molecule has 3 rings (SSSR count). The highest BCUT2D eigenvalue weighted by Crippen LogP contribution is 2.27. The van der Waals surface area contributed by atoms with E-state index in [2.05, 4.69) is 15.3 Å². The summed E-state index contributed by atoms with van der Waals surface area (Å²) in [5, 5.41) is 14.5. The van der Waals surface area contributed by atoms with Crippen LogP contribution in [0.3, 0.4) is 0 Å². The molecule has 0 amide bonds. The second-order valence-electron chi connectivity index (χ2n) is 5.06. The van der Waals surface area contributed by atoms with Gasteiger partial charge in [-0.2, -0.15) is 0 Å². The van der Waals surface area contributed by atoms with Crippen LogP contribution in [0.2, 0.25) is 0 Å². The number of nitrogens with one attached hydrogen (secondary N) is 1. The summed E-state index contributed by atoms with van der Waals surface area (Å²) in [4.78, 5) is 19.1. The van der Waals surface area contributed by atoms with Gasteiger partial charge in [-0.25, -0.2) is 14.8 Å². The van der Waals surface area contributed by atoms with Crippen LogP contribution in [0.25, 0.3) is 0 Å². The summed E-state index contributed by atoms with van der Waals surface area (Å²) >= 11 is 1.50. The SMILES string of the molecule is Cc1csc(Nc2cc(Oc3cccc(OCC(=O)O)c3)ccn2)n1.Cl. The van der Waals surface area contributed by atoms with E-state index in [0.717, 1.165) is 10.8 Å². The van der Waals surface area contributed by atoms with Crippen LogP contribution in [-0.2, 0) is 4.79 Å². The standard InChI is InChI=1S/C17H15N3O4S.ClH/c1-11-10-25-17(19-11)20-15-8-14(5-6-18-15)24-13-4-2-3-12(7-13)23-9-16(21)22;/h2-8,10H,9H2,1H3,(H,21,22)(H,18,19,20);1H. The van der Waals surface area contributed by atoms with Gasteiger partial charge in [-0.15, -0.1) is 23.7 Å². The highest BCUT2D eigenvalue weighted by Gasteiger charge is 2.05. The van der Waals surface area contributed by atoms with Gasteiger partial charge in [0.2, 0.25) is 0 Å². The number of thiazole rings is 1. The molecular formula is C17H16ClN3O4S. The van der Waals surface area contributed by atoms with E-state index >= 15 is 0 Å². The van der Waals surface area contributed by atoms with Crippen LogP contribution in [-0.4, -0.2) is 27.7 Å². The van der Waals surface area contributed by atoms with Crippen molar-refractivity contribution >= 4 is 40.7 Å². The van der Waals surface area contributed by atoms with Crippen molar-refractivity contribution in [2.24, 2.45) is 0 Å². The Morgan fingerprint density at radius 1 is 1.23 bits per heavy atom. The normalized spacial score (nSPS) is 9.88. The maximum atomic E-state index is 10.6. The number of aryl methyl sites for hydroxylation is 1. The van der Waals surface area contributed by atoms with Crippen LogP contribution >= 0.6 is 23.7 Å². The molecular weight excluding hydrogens is 378 g/mol. The number of carboxylic acid groups (broad SMARTS) is 1. The van der Waals surface area contributed by atoms with E-state index in [9.17, 15) is 4.79 Å². The van der Waals surface area contributed by atoms with Gasteiger partial charge in [-0.3, -0.25) is 0 Å². The molecule has 7 nitrogen and oxygen atoms in total. The number of pyridine rings is 1. The van der Waals surface area contributed by atoms with E-state index in [1.165, 1.54) is 11.3 Å². The van der Waals surface area contributed by atoms with Crippen LogP contribution in [0, 0.1) is 6.92 Å². The van der Waals surface area contributed by atoms with Gasteiger partial charge in [0, 0.05) is 23.7 Å². The molecule has 0 aliphatic heterocycles. The summed E-state index contributed by atoms with van der Waals surface area (Å²) < 4.78 is 10.9. The third-order valence-corrected chi connectivity index (χ3v) is 3.86. The second kappa shape index (κ2) is 9.02. The lowest BCUT2D eigenvalue weighted by atomic mass is 10.3. The number of carboxylic acids is 1. The number of benzene rings is 1. The first kappa shape index (κ1) is 19.5. The zero-order valence-corrected chi connectivity index (χ0v) is 15.3. The maximum Gasteiger partial charge on any atom is 0.341 e. The predicted octanol–water partition coefficient (Wildman–Crippen LogP) is 4.27. The minimum absolute atomic E-state index is 0. The van der Waals surface area contributed by atoms with Crippen LogP contribution in [0.4, 0.5) is 10.9 Å². The van der Waals surface area contributed by atoms with Crippen molar-refractivity contribution in [2.75, 3.05) is 11.9 Å². The molecule has 0 radical (unpaired) electrons. The molecule has 26 heavy (non-hydrogen) atoms. The molecule has 0 spiro atoms. The van der Waals surface area contributed by atoms with Crippen LogP contribution in [0.5, 0.6) is 17.2 Å². The number of aliphatic carboxylic acids is 1. The van der Waals surface area contributed by atoms with Crippen molar-refractivity contribution in [1.29, 1.82) is 0 Å². The summed E-state index contributed by atoms with van der Waals surface area (Å²) in [6.45, 7) is 1.52. The molecule has 2 aromatic heterocycles. The van der Waals surface area contributed by atoms with Crippen LogP contribution in [0.15, 0.2) is 48.0 Å². The van der Waals surface area contributed by atoms with Gasteiger partial charge >= 0.3 is 5.97 Å². The summed E-state index contributed by atoms with van der Waals surface area (Å²) in [6.07, 6.45) is 1.63. The van der Waals surface area contributed by atoms with Gasteiger partial charge in [0.1, 0.15) is 23.1 Å². The number of halogens is 1. The number of rotatable bonds is 7. The molecule has 3 aromatic rings. The van der Waals surface area contributed by atoms with E-state index < -0.39 is 12.6 Å². The molecule has 136 valence electrons. The highest BCUT2D eigenvalue weighted by atomic mass is 35.5. The van der Waals surface area contributed by atoms with Crippen molar-refractivity contribution in [3.63, 3.8) is 0 Å². The third-order valence-electron chi connectivity index (χ3n) is 2.99. The van der Waals surface area contributed by atoms with E-state index in [0.29, 0.717) is 23.1 Å². The fraction of sp³-hybridized carbons (Fsp3) is 0.118. The van der Waals surface area contributed by atoms with E-state index in [-0.39, 0.29) is 12.4 Å². The topological polar surface area (TPSA) is 93.6 Å². The number of nitrogens with zero attached hydrogens (tertiary/aromatic N) is 2. The lowest BCUT2D eigenvalue weighted by Crippen LogP contribution is -2.09. The number of hydrogen-bond donors (Lipinski definition) is 2. The molecule has 0 fully saturated rings. The summed E-state index contributed by atoms with van der Waals surface area (Å²) in [5.74, 6) is 1.12. The number of hydrogen-bond acceptors (Lipinski definition) is 7. The van der Waals surface area contributed by atoms with Gasteiger partial charge in [-0.1, -0.05) is 6.07 Å². The van der Waals surface area contributed by atoms with Gasteiger partial charge in [-0.05, 0) is 25.1 Å². The Hall–Kier alpha value is -2.84. The Labute approximate surface area is 160 Å². The molecule has 1 aromatic carbocycles. The van der Waals surface area contributed by atoms with Gasteiger partial charge in [0.25, 0.3) is 0 Å². The number of anilines is 2. The zero-order chi connectivity index (χ0) is 17.6. The monoisotopic (exact) mass is 393 g/mol. The highest BCUT2D eigenvalue weighted by molar-refractivity contribution is 7.13. The molecule has 9 heteroatoms. The number of ether oxygens (including phenoxy) is 2. The quantitative estimate of drug-likeness (QED) is 0.619.